The topological polar surface area (TPSA) is 89.3 Å². The first kappa shape index (κ1) is 13.1. The van der Waals surface area contributed by atoms with Gasteiger partial charge in [0.1, 0.15) is 11.0 Å². The molecule has 1 heterocycles. The fraction of sp³-hybridized carbons (Fsp3) is 0.636. The van der Waals surface area contributed by atoms with Gasteiger partial charge in [0.05, 0.1) is 11.4 Å². The van der Waals surface area contributed by atoms with Crippen molar-refractivity contribution in [1.82, 2.24) is 10.5 Å². The van der Waals surface area contributed by atoms with Gasteiger partial charge in [0, 0.05) is 12.1 Å². The number of aryl methyl sites for hydroxylation is 1. The Hall–Kier alpha value is -1.37. The molecule has 0 aromatic carbocycles. The average molecular weight is 272 g/mol. The molecule has 18 heavy (non-hydrogen) atoms. The molecule has 0 saturated heterocycles. The number of rotatable bonds is 5. The first-order valence-corrected chi connectivity index (χ1v) is 7.54. The van der Waals surface area contributed by atoms with Crippen LogP contribution in [0.2, 0.25) is 0 Å². The van der Waals surface area contributed by atoms with Gasteiger partial charge in [0.25, 0.3) is 0 Å². The van der Waals surface area contributed by atoms with Gasteiger partial charge in [-0.1, -0.05) is 5.16 Å². The SMILES string of the molecule is Cc1cc(CS(=O)(=O)C(C)C(=O)NC2CC2)no1. The molecule has 0 bridgehead atoms. The zero-order chi connectivity index (χ0) is 13.3. The van der Waals surface area contributed by atoms with Crippen LogP contribution in [0.1, 0.15) is 31.2 Å². The van der Waals surface area contributed by atoms with Gasteiger partial charge < -0.3 is 9.84 Å². The van der Waals surface area contributed by atoms with E-state index >= 15 is 0 Å². The van der Waals surface area contributed by atoms with Crippen molar-refractivity contribution < 1.29 is 17.7 Å². The van der Waals surface area contributed by atoms with Crippen molar-refractivity contribution in [3.8, 4) is 0 Å². The Bertz CT molecular complexity index is 545. The second-order valence-electron chi connectivity index (χ2n) is 4.66. The molecular weight excluding hydrogens is 256 g/mol. The van der Waals surface area contributed by atoms with Crippen LogP contribution in [0.25, 0.3) is 0 Å². The Morgan fingerprint density at radius 3 is 2.78 bits per heavy atom. The predicted molar refractivity (Wildman–Crippen MR) is 64.5 cm³/mol. The van der Waals surface area contributed by atoms with Crippen molar-refractivity contribution in [1.29, 1.82) is 0 Å². The van der Waals surface area contributed by atoms with Gasteiger partial charge in [0.2, 0.25) is 5.91 Å². The van der Waals surface area contributed by atoms with Crippen molar-refractivity contribution in [3.05, 3.63) is 17.5 Å². The standard InChI is InChI=1S/C11H16N2O4S/c1-7-5-10(13-17-7)6-18(15,16)8(2)11(14)12-9-3-4-9/h5,8-9H,3-4,6H2,1-2H3,(H,12,14). The van der Waals surface area contributed by atoms with Crippen LogP contribution < -0.4 is 5.32 Å². The van der Waals surface area contributed by atoms with Crippen molar-refractivity contribution in [3.63, 3.8) is 0 Å². The fourth-order valence-electron chi connectivity index (χ4n) is 1.53. The molecule has 1 aliphatic rings. The second kappa shape index (κ2) is 4.72. The molecule has 6 nitrogen and oxygen atoms in total. The molecule has 1 aromatic rings. The molecule has 0 spiro atoms. The summed E-state index contributed by atoms with van der Waals surface area (Å²) in [4.78, 5) is 11.7. The molecule has 0 radical (unpaired) electrons. The normalized spacial score (nSPS) is 17.4. The molecule has 1 N–H and O–H groups in total. The van der Waals surface area contributed by atoms with Gasteiger partial charge in [-0.3, -0.25) is 4.79 Å². The number of nitrogens with one attached hydrogen (secondary N) is 1. The van der Waals surface area contributed by atoms with Crippen LogP contribution in [0, 0.1) is 6.92 Å². The van der Waals surface area contributed by atoms with Crippen LogP contribution >= 0.6 is 0 Å². The minimum Gasteiger partial charge on any atom is -0.361 e. The molecule has 7 heteroatoms. The Labute approximate surface area is 106 Å². The van der Waals surface area contributed by atoms with Gasteiger partial charge >= 0.3 is 0 Å². The smallest absolute Gasteiger partial charge is 0.238 e. The van der Waals surface area contributed by atoms with Crippen molar-refractivity contribution in [2.24, 2.45) is 0 Å². The zero-order valence-corrected chi connectivity index (χ0v) is 11.2. The molecule has 1 saturated carbocycles. The Balaban J connectivity index is 2.02. The summed E-state index contributed by atoms with van der Waals surface area (Å²) in [6.45, 7) is 3.09. The lowest BCUT2D eigenvalue weighted by Gasteiger charge is -2.11. The summed E-state index contributed by atoms with van der Waals surface area (Å²) in [6.07, 6.45) is 1.86. The third kappa shape index (κ3) is 3.10. The number of aromatic nitrogens is 1. The van der Waals surface area contributed by atoms with E-state index in [9.17, 15) is 13.2 Å². The summed E-state index contributed by atoms with van der Waals surface area (Å²) < 4.78 is 28.8. The Morgan fingerprint density at radius 2 is 2.28 bits per heavy atom. The summed E-state index contributed by atoms with van der Waals surface area (Å²) in [6, 6.07) is 1.72. The molecule has 2 rings (SSSR count). The van der Waals surface area contributed by atoms with Crippen LogP contribution in [0.3, 0.4) is 0 Å². The summed E-state index contributed by atoms with van der Waals surface area (Å²) in [7, 11) is -3.55. The fourth-order valence-corrected chi connectivity index (χ4v) is 2.72. The number of carbonyl (C=O) groups is 1. The van der Waals surface area contributed by atoms with E-state index in [1.165, 1.54) is 6.92 Å². The van der Waals surface area contributed by atoms with Gasteiger partial charge in [-0.15, -0.1) is 0 Å². The average Bonchev–Trinajstić information content (AvgIpc) is 3.00. The molecule has 1 aliphatic carbocycles. The maximum atomic E-state index is 12.0. The van der Waals surface area contributed by atoms with E-state index in [0.29, 0.717) is 11.5 Å². The summed E-state index contributed by atoms with van der Waals surface area (Å²) in [5.74, 6) is -0.156. The largest absolute Gasteiger partial charge is 0.361 e. The lowest BCUT2D eigenvalue weighted by molar-refractivity contribution is -0.120. The van der Waals surface area contributed by atoms with Crippen LogP contribution in [0.4, 0.5) is 0 Å². The number of sulfone groups is 1. The monoisotopic (exact) mass is 272 g/mol. The lowest BCUT2D eigenvalue weighted by atomic mass is 10.4. The molecule has 100 valence electrons. The maximum absolute atomic E-state index is 12.0. The van der Waals surface area contributed by atoms with Crippen molar-refractivity contribution in [2.75, 3.05) is 0 Å². The van der Waals surface area contributed by atoms with E-state index in [1.807, 2.05) is 0 Å². The highest BCUT2D eigenvalue weighted by Crippen LogP contribution is 2.20. The summed E-state index contributed by atoms with van der Waals surface area (Å²) in [5, 5.41) is 5.26. The van der Waals surface area contributed by atoms with Gasteiger partial charge in [-0.25, -0.2) is 8.42 Å². The molecule has 1 fully saturated rings. The predicted octanol–water partition coefficient (Wildman–Crippen LogP) is 0.565. The van der Waals surface area contributed by atoms with Gasteiger partial charge in [-0.05, 0) is 26.7 Å². The number of carbonyl (C=O) groups excluding carboxylic acids is 1. The molecule has 0 aliphatic heterocycles. The van der Waals surface area contributed by atoms with Crippen molar-refractivity contribution >= 4 is 15.7 Å². The lowest BCUT2D eigenvalue weighted by Crippen LogP contribution is -2.39. The van der Waals surface area contributed by atoms with E-state index in [4.69, 9.17) is 4.52 Å². The minimum atomic E-state index is -3.55. The number of hydrogen-bond donors (Lipinski definition) is 1. The first-order chi connectivity index (χ1) is 8.38. The van der Waals surface area contributed by atoms with E-state index in [1.54, 1.807) is 13.0 Å². The summed E-state index contributed by atoms with van der Waals surface area (Å²) in [5.41, 5.74) is 0.332. The Morgan fingerprint density at radius 1 is 1.61 bits per heavy atom. The van der Waals surface area contributed by atoms with Gasteiger partial charge in [0.15, 0.2) is 9.84 Å². The second-order valence-corrected chi connectivity index (χ2v) is 6.98. The highest BCUT2D eigenvalue weighted by Gasteiger charge is 2.32. The van der Waals surface area contributed by atoms with E-state index < -0.39 is 21.0 Å². The minimum absolute atomic E-state index is 0.157. The Kier molecular flexibility index (Phi) is 3.43. The molecule has 1 amide bonds. The quantitative estimate of drug-likeness (QED) is 0.846. The number of nitrogens with zero attached hydrogens (tertiary/aromatic N) is 1. The molecule has 1 aromatic heterocycles. The van der Waals surface area contributed by atoms with Crippen LogP contribution in [-0.4, -0.2) is 30.8 Å². The zero-order valence-electron chi connectivity index (χ0n) is 10.3. The third-order valence-corrected chi connectivity index (χ3v) is 4.85. The molecule has 1 unspecified atom stereocenters. The van der Waals surface area contributed by atoms with Gasteiger partial charge in [-0.2, -0.15) is 0 Å². The molecular formula is C11H16N2O4S. The van der Waals surface area contributed by atoms with Crippen molar-refractivity contribution in [2.45, 2.75) is 43.7 Å². The van der Waals surface area contributed by atoms with E-state index in [-0.39, 0.29) is 11.8 Å². The van der Waals surface area contributed by atoms with Crippen LogP contribution in [0.5, 0.6) is 0 Å². The molecule has 1 atom stereocenters. The third-order valence-electron chi connectivity index (χ3n) is 2.86. The number of amides is 1. The highest BCUT2D eigenvalue weighted by atomic mass is 32.2. The number of hydrogen-bond acceptors (Lipinski definition) is 5. The summed E-state index contributed by atoms with van der Waals surface area (Å²) >= 11 is 0. The van der Waals surface area contributed by atoms with Crippen LogP contribution in [-0.2, 0) is 20.4 Å². The van der Waals surface area contributed by atoms with Crippen LogP contribution in [0.15, 0.2) is 10.6 Å². The van der Waals surface area contributed by atoms with E-state index in [2.05, 4.69) is 10.5 Å². The highest BCUT2D eigenvalue weighted by molar-refractivity contribution is 7.92. The van der Waals surface area contributed by atoms with E-state index in [0.717, 1.165) is 12.8 Å². The first-order valence-electron chi connectivity index (χ1n) is 5.82. The maximum Gasteiger partial charge on any atom is 0.238 e.